The summed E-state index contributed by atoms with van der Waals surface area (Å²) in [4.78, 5) is 23.4. The minimum absolute atomic E-state index is 0.319. The number of aliphatic hydroxyl groups is 1. The number of benzene rings is 2. The van der Waals surface area contributed by atoms with E-state index in [2.05, 4.69) is 10.6 Å². The molecular formula is C17H16F2N2O3. The summed E-state index contributed by atoms with van der Waals surface area (Å²) in [5, 5.41) is 14.5. The molecule has 0 heterocycles. The van der Waals surface area contributed by atoms with Gasteiger partial charge in [0.25, 0.3) is 5.91 Å². The predicted molar refractivity (Wildman–Crippen MR) is 83.1 cm³/mol. The molecule has 2 rings (SSSR count). The fraction of sp³-hybridized carbons (Fsp3) is 0.176. The highest BCUT2D eigenvalue weighted by atomic mass is 19.1. The molecule has 0 spiro atoms. The second kappa shape index (κ2) is 8.16. The maximum Gasteiger partial charge on any atom is 0.251 e. The maximum absolute atomic E-state index is 13.5. The molecule has 1 atom stereocenters. The standard InChI is InChI=1S/C17H16F2N2O3/c18-12-7-4-8-13(19)16(12)14(22)9-20-15(23)10-21-17(24)11-5-2-1-3-6-11/h1-8,14,22H,9-10H2,(H,20,23)(H,21,24)/t14-/m0/s1. The third-order valence-corrected chi connectivity index (χ3v) is 3.27. The Bertz CT molecular complexity index is 703. The van der Waals surface area contributed by atoms with E-state index in [1.165, 1.54) is 6.07 Å². The minimum Gasteiger partial charge on any atom is -0.386 e. The van der Waals surface area contributed by atoms with Crippen molar-refractivity contribution in [3.63, 3.8) is 0 Å². The third kappa shape index (κ3) is 4.60. The molecule has 2 aromatic rings. The van der Waals surface area contributed by atoms with E-state index in [4.69, 9.17) is 0 Å². The summed E-state index contributed by atoms with van der Waals surface area (Å²) in [6, 6.07) is 11.5. The Morgan fingerprint density at radius 3 is 2.21 bits per heavy atom. The van der Waals surface area contributed by atoms with Crippen molar-refractivity contribution < 1.29 is 23.5 Å². The van der Waals surface area contributed by atoms with E-state index in [1.807, 2.05) is 0 Å². The molecular weight excluding hydrogens is 318 g/mol. The van der Waals surface area contributed by atoms with Crippen LogP contribution < -0.4 is 10.6 Å². The smallest absolute Gasteiger partial charge is 0.251 e. The molecule has 0 aromatic heterocycles. The lowest BCUT2D eigenvalue weighted by atomic mass is 10.1. The van der Waals surface area contributed by atoms with Gasteiger partial charge in [0.15, 0.2) is 0 Å². The first-order valence-corrected chi connectivity index (χ1v) is 7.21. The lowest BCUT2D eigenvalue weighted by Crippen LogP contribution is -2.38. The van der Waals surface area contributed by atoms with E-state index in [-0.39, 0.29) is 13.1 Å². The fourth-order valence-corrected chi connectivity index (χ4v) is 2.06. The largest absolute Gasteiger partial charge is 0.386 e. The second-order valence-electron chi connectivity index (χ2n) is 5.00. The molecule has 126 valence electrons. The van der Waals surface area contributed by atoms with Crippen LogP contribution in [0.15, 0.2) is 48.5 Å². The van der Waals surface area contributed by atoms with Crippen LogP contribution in [0.5, 0.6) is 0 Å². The fourth-order valence-electron chi connectivity index (χ4n) is 2.06. The SMILES string of the molecule is O=C(CNC(=O)c1ccccc1)NC[C@H](O)c1c(F)cccc1F. The van der Waals surface area contributed by atoms with Gasteiger partial charge in [-0.15, -0.1) is 0 Å². The van der Waals surface area contributed by atoms with Crippen molar-refractivity contribution >= 4 is 11.8 Å². The van der Waals surface area contributed by atoms with E-state index < -0.39 is 35.1 Å². The number of halogens is 2. The van der Waals surface area contributed by atoms with Gasteiger partial charge in [-0.05, 0) is 24.3 Å². The van der Waals surface area contributed by atoms with Crippen LogP contribution in [0.1, 0.15) is 22.0 Å². The summed E-state index contributed by atoms with van der Waals surface area (Å²) >= 11 is 0. The molecule has 0 aliphatic rings. The van der Waals surface area contributed by atoms with Gasteiger partial charge in [-0.25, -0.2) is 8.78 Å². The zero-order valence-corrected chi connectivity index (χ0v) is 12.6. The van der Waals surface area contributed by atoms with E-state index in [9.17, 15) is 23.5 Å². The Kier molecular flexibility index (Phi) is 5.97. The lowest BCUT2D eigenvalue weighted by molar-refractivity contribution is -0.120. The summed E-state index contributed by atoms with van der Waals surface area (Å²) in [5.41, 5.74) is -0.107. The summed E-state index contributed by atoms with van der Waals surface area (Å²) < 4.78 is 27.0. The van der Waals surface area contributed by atoms with Crippen LogP contribution in [0.2, 0.25) is 0 Å². The monoisotopic (exact) mass is 334 g/mol. The highest BCUT2D eigenvalue weighted by Gasteiger charge is 2.18. The Morgan fingerprint density at radius 2 is 1.58 bits per heavy atom. The molecule has 3 N–H and O–H groups in total. The van der Waals surface area contributed by atoms with Crippen LogP contribution in [0.25, 0.3) is 0 Å². The van der Waals surface area contributed by atoms with E-state index in [0.717, 1.165) is 12.1 Å². The quantitative estimate of drug-likeness (QED) is 0.750. The zero-order chi connectivity index (χ0) is 17.5. The Hall–Kier alpha value is -2.80. The van der Waals surface area contributed by atoms with Gasteiger partial charge in [0, 0.05) is 12.1 Å². The highest BCUT2D eigenvalue weighted by Crippen LogP contribution is 2.19. The number of hydrogen-bond acceptors (Lipinski definition) is 3. The molecule has 7 heteroatoms. The molecule has 0 aliphatic heterocycles. The number of carbonyl (C=O) groups is 2. The van der Waals surface area contributed by atoms with Crippen molar-refractivity contribution in [3.05, 3.63) is 71.3 Å². The topological polar surface area (TPSA) is 78.4 Å². The highest BCUT2D eigenvalue weighted by molar-refractivity contribution is 5.96. The summed E-state index contributed by atoms with van der Waals surface area (Å²) in [7, 11) is 0. The molecule has 5 nitrogen and oxygen atoms in total. The number of rotatable bonds is 6. The average Bonchev–Trinajstić information content (AvgIpc) is 2.58. The van der Waals surface area contributed by atoms with Crippen LogP contribution in [0, 0.1) is 11.6 Å². The Morgan fingerprint density at radius 1 is 0.958 bits per heavy atom. The maximum atomic E-state index is 13.5. The molecule has 0 fully saturated rings. The Balaban J connectivity index is 1.82. The molecule has 0 unspecified atom stereocenters. The molecule has 0 bridgehead atoms. The first kappa shape index (κ1) is 17.6. The van der Waals surface area contributed by atoms with Gasteiger partial charge in [0.2, 0.25) is 5.91 Å². The lowest BCUT2D eigenvalue weighted by Gasteiger charge is -2.14. The number of aliphatic hydroxyl groups excluding tert-OH is 1. The van der Waals surface area contributed by atoms with Gasteiger partial charge < -0.3 is 15.7 Å². The van der Waals surface area contributed by atoms with Crippen LogP contribution in [0.4, 0.5) is 8.78 Å². The summed E-state index contributed by atoms with van der Waals surface area (Å²) in [6.45, 7) is -0.696. The van der Waals surface area contributed by atoms with Gasteiger partial charge in [-0.3, -0.25) is 9.59 Å². The number of hydrogen-bond donors (Lipinski definition) is 3. The van der Waals surface area contributed by atoms with Gasteiger partial charge in [-0.2, -0.15) is 0 Å². The summed E-state index contributed by atoms with van der Waals surface area (Å²) in [6.07, 6.45) is -1.53. The first-order chi connectivity index (χ1) is 11.5. The van der Waals surface area contributed by atoms with Crippen molar-refractivity contribution in [1.82, 2.24) is 10.6 Å². The van der Waals surface area contributed by atoms with Gasteiger partial charge in [-0.1, -0.05) is 24.3 Å². The van der Waals surface area contributed by atoms with Crippen LogP contribution in [0.3, 0.4) is 0 Å². The molecule has 24 heavy (non-hydrogen) atoms. The van der Waals surface area contributed by atoms with Gasteiger partial charge in [0.1, 0.15) is 17.7 Å². The number of carbonyl (C=O) groups excluding carboxylic acids is 2. The third-order valence-electron chi connectivity index (χ3n) is 3.27. The number of nitrogens with one attached hydrogen (secondary N) is 2. The molecule has 0 saturated carbocycles. The van der Waals surface area contributed by atoms with Gasteiger partial charge >= 0.3 is 0 Å². The second-order valence-corrected chi connectivity index (χ2v) is 5.00. The molecule has 0 saturated heterocycles. The molecule has 0 aliphatic carbocycles. The van der Waals surface area contributed by atoms with Gasteiger partial charge in [0.05, 0.1) is 12.1 Å². The first-order valence-electron chi connectivity index (χ1n) is 7.21. The molecule has 0 radical (unpaired) electrons. The van der Waals surface area contributed by atoms with Crippen LogP contribution in [-0.4, -0.2) is 30.0 Å². The van der Waals surface area contributed by atoms with E-state index in [0.29, 0.717) is 5.56 Å². The van der Waals surface area contributed by atoms with Crippen LogP contribution >= 0.6 is 0 Å². The van der Waals surface area contributed by atoms with Crippen molar-refractivity contribution in [1.29, 1.82) is 0 Å². The van der Waals surface area contributed by atoms with Crippen molar-refractivity contribution in [2.75, 3.05) is 13.1 Å². The molecule has 2 aromatic carbocycles. The molecule has 2 amide bonds. The Labute approximate surface area is 137 Å². The van der Waals surface area contributed by atoms with Crippen molar-refractivity contribution in [3.8, 4) is 0 Å². The van der Waals surface area contributed by atoms with Crippen LogP contribution in [-0.2, 0) is 4.79 Å². The van der Waals surface area contributed by atoms with Crippen molar-refractivity contribution in [2.45, 2.75) is 6.10 Å². The minimum atomic E-state index is -1.53. The predicted octanol–water partition coefficient (Wildman–Crippen LogP) is 1.54. The van der Waals surface area contributed by atoms with Crippen molar-refractivity contribution in [2.24, 2.45) is 0 Å². The normalized spacial score (nSPS) is 11.6. The number of amides is 2. The zero-order valence-electron chi connectivity index (χ0n) is 12.6. The van der Waals surface area contributed by atoms with E-state index in [1.54, 1.807) is 30.3 Å². The van der Waals surface area contributed by atoms with E-state index >= 15 is 0 Å². The summed E-state index contributed by atoms with van der Waals surface area (Å²) in [5.74, 6) is -2.80. The average molecular weight is 334 g/mol.